The molecule has 2 unspecified atom stereocenters. The van der Waals surface area contributed by atoms with Gasteiger partial charge < -0.3 is 14.3 Å². The molecule has 0 heterocycles. The van der Waals surface area contributed by atoms with Crippen LogP contribution in [0.15, 0.2) is 0 Å². The number of aldehydes is 1. The minimum absolute atomic E-state index is 0.00949. The van der Waals surface area contributed by atoms with Gasteiger partial charge in [0.1, 0.15) is 6.29 Å². The van der Waals surface area contributed by atoms with Crippen LogP contribution in [0.1, 0.15) is 13.8 Å². The Labute approximate surface area is 95.1 Å². The molecule has 0 bridgehead atoms. The fourth-order valence-corrected chi connectivity index (χ4v) is 1.76. The molecule has 0 aliphatic carbocycles. The van der Waals surface area contributed by atoms with E-state index in [0.717, 1.165) is 6.29 Å². The van der Waals surface area contributed by atoms with Crippen LogP contribution in [-0.4, -0.2) is 38.3 Å². The Kier molecular flexibility index (Phi) is 6.83. The largest absolute Gasteiger partial charge is 0.355 e. The lowest BCUT2D eigenvalue weighted by molar-refractivity contribution is -0.495. The molecule has 0 aromatic rings. The van der Waals surface area contributed by atoms with Crippen molar-refractivity contribution in [3.8, 4) is 0 Å². The molecule has 6 heteroatoms. The number of hydrogen-bond donors (Lipinski definition) is 0. The molecule has 0 N–H and O–H groups in total. The minimum atomic E-state index is -0.733. The van der Waals surface area contributed by atoms with Crippen molar-refractivity contribution >= 4 is 6.29 Å². The molecule has 0 spiro atoms. The molecule has 0 amide bonds. The lowest BCUT2D eigenvalue weighted by Crippen LogP contribution is -2.39. The second-order valence-electron chi connectivity index (χ2n) is 3.98. The highest BCUT2D eigenvalue weighted by Gasteiger charge is 2.35. The molecule has 6 nitrogen and oxygen atoms in total. The summed E-state index contributed by atoms with van der Waals surface area (Å²) in [7, 11) is 2.81. The summed E-state index contributed by atoms with van der Waals surface area (Å²) >= 11 is 0. The summed E-state index contributed by atoms with van der Waals surface area (Å²) in [5, 5.41) is 10.6. The Morgan fingerprint density at radius 1 is 1.31 bits per heavy atom. The lowest BCUT2D eigenvalue weighted by Gasteiger charge is -2.28. The van der Waals surface area contributed by atoms with E-state index in [4.69, 9.17) is 9.47 Å². The third kappa shape index (κ3) is 4.24. The maximum atomic E-state index is 11.0. The van der Waals surface area contributed by atoms with E-state index in [2.05, 4.69) is 0 Å². The summed E-state index contributed by atoms with van der Waals surface area (Å²) in [6.45, 7) is 3.34. The van der Waals surface area contributed by atoms with Gasteiger partial charge in [-0.05, 0) is 5.92 Å². The number of nitro groups is 1. The Morgan fingerprint density at radius 2 is 1.81 bits per heavy atom. The lowest BCUT2D eigenvalue weighted by atomic mass is 9.84. The first-order chi connectivity index (χ1) is 7.47. The first-order valence-electron chi connectivity index (χ1n) is 5.10. The first-order valence-corrected chi connectivity index (χ1v) is 5.10. The Balaban J connectivity index is 4.87. The van der Waals surface area contributed by atoms with Gasteiger partial charge in [0.15, 0.2) is 6.29 Å². The molecule has 0 rings (SSSR count). The van der Waals surface area contributed by atoms with Gasteiger partial charge in [0.2, 0.25) is 6.54 Å². The average Bonchev–Trinajstić information content (AvgIpc) is 2.18. The standard InChI is InChI=1S/C10H19NO5/c1-7(2)9(6-12)8(5-11(13)14)10(15-3)16-4/h6-10H,5H2,1-4H3. The van der Waals surface area contributed by atoms with Crippen molar-refractivity contribution in [1.29, 1.82) is 0 Å². The van der Waals surface area contributed by atoms with Gasteiger partial charge in [-0.15, -0.1) is 0 Å². The van der Waals surface area contributed by atoms with Crippen LogP contribution in [0, 0.1) is 27.9 Å². The third-order valence-electron chi connectivity index (χ3n) is 2.60. The maximum Gasteiger partial charge on any atom is 0.212 e. The zero-order valence-electron chi connectivity index (χ0n) is 10.1. The van der Waals surface area contributed by atoms with Crippen molar-refractivity contribution in [2.75, 3.05) is 20.8 Å². The Bertz CT molecular complexity index is 227. The zero-order chi connectivity index (χ0) is 12.7. The van der Waals surface area contributed by atoms with Gasteiger partial charge in [-0.3, -0.25) is 10.1 Å². The van der Waals surface area contributed by atoms with Crippen LogP contribution in [0.25, 0.3) is 0 Å². The van der Waals surface area contributed by atoms with E-state index in [1.54, 1.807) is 0 Å². The number of methoxy groups -OCH3 is 2. The van der Waals surface area contributed by atoms with Crippen molar-refractivity contribution in [1.82, 2.24) is 0 Å². The van der Waals surface area contributed by atoms with Gasteiger partial charge in [-0.1, -0.05) is 13.8 Å². The fraction of sp³-hybridized carbons (Fsp3) is 0.900. The molecule has 94 valence electrons. The molecule has 0 radical (unpaired) electrons. The van der Waals surface area contributed by atoms with Gasteiger partial charge in [0.25, 0.3) is 0 Å². The smallest absolute Gasteiger partial charge is 0.212 e. The molecule has 2 atom stereocenters. The molecule has 0 aromatic carbocycles. The molecule has 0 fully saturated rings. The highest BCUT2D eigenvalue weighted by Crippen LogP contribution is 2.24. The Hall–Kier alpha value is -1.01. The van der Waals surface area contributed by atoms with E-state index < -0.39 is 23.0 Å². The molecule has 0 saturated carbocycles. The summed E-state index contributed by atoms with van der Waals surface area (Å²) < 4.78 is 10.0. The van der Waals surface area contributed by atoms with Crippen molar-refractivity contribution in [3.63, 3.8) is 0 Å². The summed E-state index contributed by atoms with van der Waals surface area (Å²) in [5.41, 5.74) is 0. The number of carbonyl (C=O) groups excluding carboxylic acids is 1. The fourth-order valence-electron chi connectivity index (χ4n) is 1.76. The molecule has 0 aliphatic heterocycles. The molecular weight excluding hydrogens is 214 g/mol. The predicted molar refractivity (Wildman–Crippen MR) is 57.5 cm³/mol. The monoisotopic (exact) mass is 233 g/mol. The van der Waals surface area contributed by atoms with Gasteiger partial charge in [-0.25, -0.2) is 0 Å². The van der Waals surface area contributed by atoms with Gasteiger partial charge >= 0.3 is 0 Å². The third-order valence-corrected chi connectivity index (χ3v) is 2.60. The summed E-state index contributed by atoms with van der Waals surface area (Å²) in [6, 6.07) is 0. The quantitative estimate of drug-likeness (QED) is 0.270. The van der Waals surface area contributed by atoms with E-state index in [1.807, 2.05) is 13.8 Å². The van der Waals surface area contributed by atoms with E-state index in [-0.39, 0.29) is 12.5 Å². The number of ether oxygens (including phenoxy) is 2. The minimum Gasteiger partial charge on any atom is -0.355 e. The van der Waals surface area contributed by atoms with Crippen molar-refractivity contribution in [2.45, 2.75) is 20.1 Å². The Morgan fingerprint density at radius 3 is 2.06 bits per heavy atom. The molecular formula is C10H19NO5. The van der Waals surface area contributed by atoms with E-state index >= 15 is 0 Å². The van der Waals surface area contributed by atoms with E-state index in [9.17, 15) is 14.9 Å². The van der Waals surface area contributed by atoms with Gasteiger partial charge in [0, 0.05) is 25.1 Å². The predicted octanol–water partition coefficient (Wildman–Crippen LogP) is 0.969. The molecule has 0 saturated heterocycles. The van der Waals surface area contributed by atoms with Crippen molar-refractivity contribution in [2.24, 2.45) is 17.8 Å². The van der Waals surface area contributed by atoms with Gasteiger partial charge in [-0.2, -0.15) is 0 Å². The second-order valence-corrected chi connectivity index (χ2v) is 3.98. The summed E-state index contributed by atoms with van der Waals surface area (Å²) in [5.74, 6) is -1.01. The number of nitrogens with zero attached hydrogens (tertiary/aromatic N) is 1. The van der Waals surface area contributed by atoms with Crippen molar-refractivity contribution < 1.29 is 19.2 Å². The number of hydrogen-bond acceptors (Lipinski definition) is 5. The number of carbonyl (C=O) groups is 1. The molecule has 16 heavy (non-hydrogen) atoms. The summed E-state index contributed by atoms with van der Waals surface area (Å²) in [4.78, 5) is 21.1. The molecule has 0 aromatic heterocycles. The van der Waals surface area contributed by atoms with Crippen LogP contribution in [0.2, 0.25) is 0 Å². The van der Waals surface area contributed by atoms with Crippen LogP contribution < -0.4 is 0 Å². The topological polar surface area (TPSA) is 78.7 Å². The summed E-state index contributed by atoms with van der Waals surface area (Å²) in [6.07, 6.45) is 0.00662. The average molecular weight is 233 g/mol. The van der Waals surface area contributed by atoms with E-state index in [1.165, 1.54) is 14.2 Å². The van der Waals surface area contributed by atoms with Gasteiger partial charge in [0.05, 0.1) is 5.92 Å². The van der Waals surface area contributed by atoms with Crippen LogP contribution in [0.4, 0.5) is 0 Å². The normalized spacial score (nSPS) is 15.1. The number of rotatable bonds is 8. The molecule has 0 aliphatic rings. The van der Waals surface area contributed by atoms with Crippen LogP contribution in [0.3, 0.4) is 0 Å². The maximum absolute atomic E-state index is 11.0. The van der Waals surface area contributed by atoms with Crippen molar-refractivity contribution in [3.05, 3.63) is 10.1 Å². The van der Waals surface area contributed by atoms with Crippen LogP contribution in [-0.2, 0) is 14.3 Å². The highest BCUT2D eigenvalue weighted by atomic mass is 16.7. The highest BCUT2D eigenvalue weighted by molar-refractivity contribution is 5.54. The SMILES string of the molecule is COC(OC)C(C[N+](=O)[O-])C(C=O)C(C)C. The van der Waals surface area contributed by atoms with Crippen LogP contribution >= 0.6 is 0 Å². The van der Waals surface area contributed by atoms with Crippen LogP contribution in [0.5, 0.6) is 0 Å². The first kappa shape index (κ1) is 15.0. The second kappa shape index (κ2) is 7.29. The zero-order valence-corrected chi connectivity index (χ0v) is 10.1. The van der Waals surface area contributed by atoms with E-state index in [0.29, 0.717) is 0 Å².